The number of hydrogen-bond donors (Lipinski definition) is 2. The topological polar surface area (TPSA) is 63.8 Å². The van der Waals surface area contributed by atoms with Crippen molar-refractivity contribution < 1.29 is 0 Å². The maximum Gasteiger partial charge on any atom is 0.0944 e. The van der Waals surface area contributed by atoms with Crippen molar-refractivity contribution in [3.8, 4) is 0 Å². The molecule has 0 aliphatic heterocycles. The first kappa shape index (κ1) is 12.2. The fourth-order valence-corrected chi connectivity index (χ4v) is 2.85. The van der Waals surface area contributed by atoms with Crippen LogP contribution in [-0.4, -0.2) is 9.97 Å². The summed E-state index contributed by atoms with van der Waals surface area (Å²) in [6.45, 7) is 0. The van der Waals surface area contributed by atoms with Gasteiger partial charge < -0.3 is 0 Å². The van der Waals surface area contributed by atoms with Crippen molar-refractivity contribution in [1.29, 1.82) is 0 Å². The first-order valence-electron chi connectivity index (χ1n) is 6.06. The molecule has 3 N–H and O–H groups in total. The molecule has 0 saturated carbocycles. The van der Waals surface area contributed by atoms with E-state index in [1.165, 1.54) is 5.39 Å². The highest BCUT2D eigenvalue weighted by molar-refractivity contribution is 7.09. The van der Waals surface area contributed by atoms with E-state index in [1.54, 1.807) is 11.3 Å². The molecule has 19 heavy (non-hydrogen) atoms. The van der Waals surface area contributed by atoms with Crippen LogP contribution in [0.2, 0.25) is 0 Å². The third-order valence-electron chi connectivity index (χ3n) is 3.10. The fraction of sp³-hybridized carbons (Fsp3) is 0.143. The van der Waals surface area contributed by atoms with Crippen molar-refractivity contribution >= 4 is 22.1 Å². The summed E-state index contributed by atoms with van der Waals surface area (Å²) in [6, 6.07) is 10.2. The van der Waals surface area contributed by atoms with Crippen LogP contribution in [0, 0.1) is 0 Å². The Kier molecular flexibility index (Phi) is 3.50. The Hall–Kier alpha value is -1.82. The van der Waals surface area contributed by atoms with E-state index in [4.69, 9.17) is 5.84 Å². The van der Waals surface area contributed by atoms with Crippen LogP contribution in [0.25, 0.3) is 10.8 Å². The lowest BCUT2D eigenvalue weighted by molar-refractivity contribution is 0.541. The van der Waals surface area contributed by atoms with Crippen LogP contribution in [0.15, 0.2) is 48.1 Å². The van der Waals surface area contributed by atoms with Crippen molar-refractivity contribution in [2.24, 2.45) is 5.84 Å². The second-order valence-electron chi connectivity index (χ2n) is 4.27. The third kappa shape index (κ3) is 2.49. The molecule has 2 aromatic heterocycles. The Bertz CT molecular complexity index is 661. The summed E-state index contributed by atoms with van der Waals surface area (Å²) in [5, 5.41) is 5.33. The highest BCUT2D eigenvalue weighted by atomic mass is 32.1. The zero-order chi connectivity index (χ0) is 13.1. The number of nitrogens with two attached hydrogens (primary N) is 1. The van der Waals surface area contributed by atoms with Gasteiger partial charge in [-0.1, -0.05) is 24.3 Å². The Labute approximate surface area is 115 Å². The average molecular weight is 270 g/mol. The number of hydrazine groups is 1. The van der Waals surface area contributed by atoms with Crippen LogP contribution in [0.1, 0.15) is 16.7 Å². The molecule has 3 rings (SSSR count). The standard InChI is InChI=1S/C14H14N4S/c15-18-12(9-13-16-7-8-19-13)14-11-4-2-1-3-10(11)5-6-17-14/h1-8,12,18H,9,15H2. The minimum Gasteiger partial charge on any atom is -0.271 e. The summed E-state index contributed by atoms with van der Waals surface area (Å²) < 4.78 is 0. The molecular weight excluding hydrogens is 256 g/mol. The summed E-state index contributed by atoms with van der Waals surface area (Å²) in [6.07, 6.45) is 4.38. The molecule has 0 fully saturated rings. The van der Waals surface area contributed by atoms with Gasteiger partial charge in [-0.25, -0.2) is 4.98 Å². The van der Waals surface area contributed by atoms with E-state index in [0.717, 1.165) is 22.5 Å². The maximum absolute atomic E-state index is 5.70. The van der Waals surface area contributed by atoms with Gasteiger partial charge >= 0.3 is 0 Å². The number of aromatic nitrogens is 2. The predicted molar refractivity (Wildman–Crippen MR) is 77.6 cm³/mol. The molecule has 0 saturated heterocycles. The molecule has 0 amide bonds. The van der Waals surface area contributed by atoms with Crippen LogP contribution >= 0.6 is 11.3 Å². The van der Waals surface area contributed by atoms with Crippen LogP contribution in [-0.2, 0) is 6.42 Å². The third-order valence-corrected chi connectivity index (χ3v) is 3.90. The normalized spacial score (nSPS) is 12.7. The lowest BCUT2D eigenvalue weighted by Gasteiger charge is -2.16. The number of benzene rings is 1. The second kappa shape index (κ2) is 5.44. The molecule has 96 valence electrons. The van der Waals surface area contributed by atoms with Gasteiger partial charge in [-0.05, 0) is 11.5 Å². The Balaban J connectivity index is 2.01. The van der Waals surface area contributed by atoms with Gasteiger partial charge in [-0.2, -0.15) is 0 Å². The second-order valence-corrected chi connectivity index (χ2v) is 5.25. The Morgan fingerprint density at radius 3 is 2.84 bits per heavy atom. The van der Waals surface area contributed by atoms with Gasteiger partial charge in [0.05, 0.1) is 16.7 Å². The summed E-state index contributed by atoms with van der Waals surface area (Å²) >= 11 is 1.63. The van der Waals surface area contributed by atoms with E-state index >= 15 is 0 Å². The van der Waals surface area contributed by atoms with Crippen LogP contribution < -0.4 is 11.3 Å². The fourth-order valence-electron chi connectivity index (χ4n) is 2.18. The zero-order valence-electron chi connectivity index (χ0n) is 10.3. The van der Waals surface area contributed by atoms with Crippen molar-refractivity contribution in [2.75, 3.05) is 0 Å². The van der Waals surface area contributed by atoms with Crippen molar-refractivity contribution in [3.05, 3.63) is 58.8 Å². The molecule has 4 nitrogen and oxygen atoms in total. The summed E-state index contributed by atoms with van der Waals surface area (Å²) in [4.78, 5) is 8.80. The van der Waals surface area contributed by atoms with Crippen molar-refractivity contribution in [1.82, 2.24) is 15.4 Å². The minimum absolute atomic E-state index is 0.0303. The molecule has 0 aliphatic carbocycles. The molecule has 1 atom stereocenters. The van der Waals surface area contributed by atoms with E-state index in [9.17, 15) is 0 Å². The van der Waals surface area contributed by atoms with Gasteiger partial charge in [0.1, 0.15) is 0 Å². The largest absolute Gasteiger partial charge is 0.271 e. The number of fused-ring (bicyclic) bond motifs is 1. The Morgan fingerprint density at radius 1 is 1.16 bits per heavy atom. The monoisotopic (exact) mass is 270 g/mol. The van der Waals surface area contributed by atoms with Crippen molar-refractivity contribution in [3.63, 3.8) is 0 Å². The maximum atomic E-state index is 5.70. The van der Waals surface area contributed by atoms with Gasteiger partial charge in [-0.3, -0.25) is 16.3 Å². The van der Waals surface area contributed by atoms with Crippen LogP contribution in [0.4, 0.5) is 0 Å². The van der Waals surface area contributed by atoms with E-state index in [1.807, 2.05) is 36.0 Å². The highest BCUT2D eigenvalue weighted by Gasteiger charge is 2.16. The predicted octanol–water partition coefficient (Wildman–Crippen LogP) is 2.44. The van der Waals surface area contributed by atoms with Gasteiger partial charge in [-0.15, -0.1) is 11.3 Å². The van der Waals surface area contributed by atoms with Gasteiger partial charge in [0.15, 0.2) is 0 Å². The Morgan fingerprint density at radius 2 is 2.05 bits per heavy atom. The first-order chi connectivity index (χ1) is 9.38. The van der Waals surface area contributed by atoms with Crippen LogP contribution in [0.3, 0.4) is 0 Å². The first-order valence-corrected chi connectivity index (χ1v) is 6.94. The molecule has 0 aliphatic rings. The number of rotatable bonds is 4. The molecule has 2 heterocycles. The SMILES string of the molecule is NNC(Cc1nccs1)c1nccc2ccccc12. The van der Waals surface area contributed by atoms with Gasteiger partial charge in [0, 0.05) is 29.6 Å². The van der Waals surface area contributed by atoms with E-state index in [2.05, 4.69) is 27.5 Å². The molecular formula is C14H14N4S. The highest BCUT2D eigenvalue weighted by Crippen LogP contribution is 2.24. The molecule has 0 spiro atoms. The molecule has 3 aromatic rings. The quantitative estimate of drug-likeness (QED) is 0.564. The molecule has 5 heteroatoms. The van der Waals surface area contributed by atoms with E-state index in [0.29, 0.717) is 0 Å². The zero-order valence-corrected chi connectivity index (χ0v) is 11.1. The van der Waals surface area contributed by atoms with Gasteiger partial charge in [0.2, 0.25) is 0 Å². The number of pyridine rings is 1. The van der Waals surface area contributed by atoms with E-state index < -0.39 is 0 Å². The summed E-state index contributed by atoms with van der Waals surface area (Å²) in [5.41, 5.74) is 3.82. The molecule has 1 unspecified atom stereocenters. The smallest absolute Gasteiger partial charge is 0.0944 e. The number of thiazole rings is 1. The number of hydrogen-bond acceptors (Lipinski definition) is 5. The molecule has 0 bridgehead atoms. The average Bonchev–Trinajstić information content (AvgIpc) is 2.97. The van der Waals surface area contributed by atoms with Crippen LogP contribution in [0.5, 0.6) is 0 Å². The molecule has 0 radical (unpaired) electrons. The minimum atomic E-state index is -0.0303. The van der Waals surface area contributed by atoms with Gasteiger partial charge in [0.25, 0.3) is 0 Å². The number of nitrogens with one attached hydrogen (secondary N) is 1. The van der Waals surface area contributed by atoms with Crippen molar-refractivity contribution in [2.45, 2.75) is 12.5 Å². The van der Waals surface area contributed by atoms with E-state index in [-0.39, 0.29) is 6.04 Å². The lowest BCUT2D eigenvalue weighted by Crippen LogP contribution is -2.30. The number of nitrogens with zero attached hydrogens (tertiary/aromatic N) is 2. The summed E-state index contributed by atoms with van der Waals surface area (Å²) in [5.74, 6) is 5.70. The lowest BCUT2D eigenvalue weighted by atomic mass is 10.0. The summed E-state index contributed by atoms with van der Waals surface area (Å²) in [7, 11) is 0. The molecule has 1 aromatic carbocycles.